The van der Waals surface area contributed by atoms with Gasteiger partial charge in [-0.2, -0.15) is 0 Å². The first-order valence-corrected chi connectivity index (χ1v) is 8.08. The van der Waals surface area contributed by atoms with E-state index in [9.17, 15) is 9.59 Å². The number of Topliss-reactive ketones (excluding diaryl/α,β-unsaturated/α-hetero) is 2. The molecule has 0 unspecified atom stereocenters. The van der Waals surface area contributed by atoms with Crippen LogP contribution < -0.4 is 0 Å². The van der Waals surface area contributed by atoms with Crippen LogP contribution in [0.5, 0.6) is 0 Å². The summed E-state index contributed by atoms with van der Waals surface area (Å²) in [6, 6.07) is 0. The fourth-order valence-electron chi connectivity index (χ4n) is 4.83. The molecule has 3 aliphatic carbocycles. The first kappa shape index (κ1) is 15.2. The van der Waals surface area contributed by atoms with E-state index in [1.165, 1.54) is 0 Å². The van der Waals surface area contributed by atoms with Crippen molar-refractivity contribution < 1.29 is 9.59 Å². The maximum absolute atomic E-state index is 13.0. The van der Waals surface area contributed by atoms with Crippen LogP contribution in [-0.4, -0.2) is 11.6 Å². The largest absolute Gasteiger partial charge is 0.293 e. The quantitative estimate of drug-likeness (QED) is 0.537. The van der Waals surface area contributed by atoms with Gasteiger partial charge in [-0.25, -0.2) is 0 Å². The van der Waals surface area contributed by atoms with Crippen molar-refractivity contribution in [3.8, 4) is 0 Å². The van der Waals surface area contributed by atoms with E-state index in [2.05, 4.69) is 26.2 Å². The van der Waals surface area contributed by atoms with Crippen LogP contribution in [0.15, 0.2) is 47.6 Å². The summed E-state index contributed by atoms with van der Waals surface area (Å²) in [4.78, 5) is 25.9. The summed E-state index contributed by atoms with van der Waals surface area (Å²) in [6.45, 7) is 14.1. The van der Waals surface area contributed by atoms with E-state index in [0.717, 1.165) is 35.1 Å². The molecule has 2 nitrogen and oxygen atoms in total. The Balaban J connectivity index is 2.18. The smallest absolute Gasteiger partial charge is 0.173 e. The molecule has 3 rings (SSSR count). The molecule has 0 aliphatic heterocycles. The molecule has 1 spiro atoms. The molecule has 0 aromatic carbocycles. The fraction of sp³-hybridized carbons (Fsp3) is 0.500. The molecule has 0 radical (unpaired) electrons. The van der Waals surface area contributed by atoms with E-state index in [4.69, 9.17) is 0 Å². The lowest BCUT2D eigenvalue weighted by atomic mass is 9.51. The Morgan fingerprint density at radius 1 is 1.23 bits per heavy atom. The third kappa shape index (κ3) is 1.79. The molecule has 4 atom stereocenters. The summed E-state index contributed by atoms with van der Waals surface area (Å²) in [5.41, 5.74) is 2.76. The van der Waals surface area contributed by atoms with Crippen LogP contribution in [0.3, 0.4) is 0 Å². The van der Waals surface area contributed by atoms with Crippen LogP contribution in [0.25, 0.3) is 0 Å². The molecule has 3 aliphatic rings. The van der Waals surface area contributed by atoms with Gasteiger partial charge in [-0.1, -0.05) is 36.5 Å². The lowest BCUT2D eigenvalue weighted by Crippen LogP contribution is -2.52. The van der Waals surface area contributed by atoms with Crippen molar-refractivity contribution in [3.05, 3.63) is 47.6 Å². The van der Waals surface area contributed by atoms with Crippen LogP contribution in [0, 0.1) is 23.2 Å². The Bertz CT molecular complexity index is 661. The average Bonchev–Trinajstić information content (AvgIpc) is 2.74. The Morgan fingerprint density at radius 2 is 1.86 bits per heavy atom. The van der Waals surface area contributed by atoms with Gasteiger partial charge < -0.3 is 0 Å². The molecule has 2 heteroatoms. The van der Waals surface area contributed by atoms with Crippen molar-refractivity contribution in [2.75, 3.05) is 0 Å². The molecule has 0 N–H and O–H groups in total. The molecule has 0 heterocycles. The Morgan fingerprint density at radius 3 is 2.41 bits per heavy atom. The minimum atomic E-state index is -0.918. The van der Waals surface area contributed by atoms with E-state index < -0.39 is 5.41 Å². The van der Waals surface area contributed by atoms with Crippen LogP contribution in [0.2, 0.25) is 0 Å². The van der Waals surface area contributed by atoms with Crippen LogP contribution in [0.4, 0.5) is 0 Å². The summed E-state index contributed by atoms with van der Waals surface area (Å²) in [6.07, 6.45) is 6.46. The second-order valence-electron chi connectivity index (χ2n) is 7.28. The molecule has 0 aromatic heterocycles. The van der Waals surface area contributed by atoms with Gasteiger partial charge in [0.2, 0.25) is 0 Å². The lowest BCUT2D eigenvalue weighted by molar-refractivity contribution is -0.141. The highest BCUT2D eigenvalue weighted by molar-refractivity contribution is 6.21. The summed E-state index contributed by atoms with van der Waals surface area (Å²) in [5.74, 6) is 0.475. The zero-order chi connectivity index (χ0) is 16.2. The van der Waals surface area contributed by atoms with Gasteiger partial charge in [0.1, 0.15) is 5.41 Å². The summed E-state index contributed by atoms with van der Waals surface area (Å²) in [7, 11) is 0. The second kappa shape index (κ2) is 4.91. The average molecular weight is 296 g/mol. The Hall–Kier alpha value is -1.70. The second-order valence-corrected chi connectivity index (χ2v) is 7.28. The van der Waals surface area contributed by atoms with Gasteiger partial charge in [-0.05, 0) is 63.0 Å². The number of allylic oxidation sites excluding steroid dienone is 6. The minimum Gasteiger partial charge on any atom is -0.293 e. The number of carbonyl (C=O) groups excluding carboxylic acids is 2. The van der Waals surface area contributed by atoms with Crippen molar-refractivity contribution in [1.82, 2.24) is 0 Å². The van der Waals surface area contributed by atoms with E-state index in [1.54, 1.807) is 0 Å². The van der Waals surface area contributed by atoms with Crippen molar-refractivity contribution in [2.45, 2.75) is 40.0 Å². The molecule has 1 saturated carbocycles. The topological polar surface area (TPSA) is 34.1 Å². The normalized spacial score (nSPS) is 38.0. The summed E-state index contributed by atoms with van der Waals surface area (Å²) < 4.78 is 0. The first-order chi connectivity index (χ1) is 10.3. The lowest BCUT2D eigenvalue weighted by Gasteiger charge is -2.49. The number of carbonyl (C=O) groups is 2. The Labute approximate surface area is 132 Å². The molecule has 1 fully saturated rings. The van der Waals surface area contributed by atoms with E-state index in [1.807, 2.05) is 19.9 Å². The molecule has 0 saturated heterocycles. The maximum atomic E-state index is 13.0. The van der Waals surface area contributed by atoms with E-state index in [-0.39, 0.29) is 23.4 Å². The van der Waals surface area contributed by atoms with E-state index in [0.29, 0.717) is 12.3 Å². The molecular formula is C20H24O2. The summed E-state index contributed by atoms with van der Waals surface area (Å²) >= 11 is 0. The van der Waals surface area contributed by atoms with Crippen molar-refractivity contribution in [2.24, 2.45) is 23.2 Å². The van der Waals surface area contributed by atoms with Crippen LogP contribution in [0.1, 0.15) is 40.0 Å². The highest BCUT2D eigenvalue weighted by atomic mass is 16.2. The third-order valence-corrected chi connectivity index (χ3v) is 5.93. The predicted molar refractivity (Wildman–Crippen MR) is 88.2 cm³/mol. The van der Waals surface area contributed by atoms with Crippen LogP contribution >= 0.6 is 0 Å². The number of ketones is 2. The maximum Gasteiger partial charge on any atom is 0.173 e. The number of hydrogen-bond acceptors (Lipinski definition) is 2. The number of rotatable bonds is 1. The van der Waals surface area contributed by atoms with Gasteiger partial charge >= 0.3 is 0 Å². The zero-order valence-electron chi connectivity index (χ0n) is 13.7. The first-order valence-electron chi connectivity index (χ1n) is 8.08. The fourth-order valence-corrected chi connectivity index (χ4v) is 4.83. The highest BCUT2D eigenvalue weighted by Crippen LogP contribution is 2.57. The van der Waals surface area contributed by atoms with Crippen molar-refractivity contribution in [3.63, 3.8) is 0 Å². The molecule has 0 aromatic rings. The highest BCUT2D eigenvalue weighted by Gasteiger charge is 2.60. The SMILES string of the molecule is C=C(C)[C@H]1CCC(=C)[C@@H]2[C@@H]1C=C(C)C(=O)[C@]21CC=C(C)C1=O. The standard InChI is InChI=1S/C20H24O2/c1-11(2)15-7-6-12(3)17-16(15)10-14(5)19(22)20(17)9-8-13(4)18(20)21/h8,10,15-17H,1,3,6-7,9H2,2,4-5H3/t15-,16-,17-,20-/m1/s1. The van der Waals surface area contributed by atoms with Crippen LogP contribution in [-0.2, 0) is 9.59 Å². The van der Waals surface area contributed by atoms with Gasteiger partial charge in [-0.15, -0.1) is 0 Å². The molecule has 22 heavy (non-hydrogen) atoms. The van der Waals surface area contributed by atoms with E-state index >= 15 is 0 Å². The van der Waals surface area contributed by atoms with Crippen molar-refractivity contribution in [1.29, 1.82) is 0 Å². The van der Waals surface area contributed by atoms with Gasteiger partial charge in [-0.3, -0.25) is 9.59 Å². The summed E-state index contributed by atoms with van der Waals surface area (Å²) in [5, 5.41) is 0. The minimum absolute atomic E-state index is 0.00960. The molecule has 0 amide bonds. The van der Waals surface area contributed by atoms with Gasteiger partial charge in [0.05, 0.1) is 0 Å². The van der Waals surface area contributed by atoms with Gasteiger partial charge in [0.15, 0.2) is 11.6 Å². The van der Waals surface area contributed by atoms with Crippen molar-refractivity contribution >= 4 is 11.6 Å². The molecular weight excluding hydrogens is 272 g/mol. The monoisotopic (exact) mass is 296 g/mol. The number of hydrogen-bond donors (Lipinski definition) is 0. The predicted octanol–water partition coefficient (Wildman–Crippen LogP) is 4.20. The Kier molecular flexibility index (Phi) is 3.39. The number of fused-ring (bicyclic) bond motifs is 2. The van der Waals surface area contributed by atoms with Gasteiger partial charge in [0, 0.05) is 5.92 Å². The third-order valence-electron chi connectivity index (χ3n) is 5.93. The van der Waals surface area contributed by atoms with Gasteiger partial charge in [0.25, 0.3) is 0 Å². The molecule has 116 valence electrons. The molecule has 0 bridgehead atoms. The zero-order valence-corrected chi connectivity index (χ0v) is 13.7.